The van der Waals surface area contributed by atoms with Crippen molar-refractivity contribution in [3.05, 3.63) is 18.1 Å². The molecule has 0 aromatic carbocycles. The fraction of sp³-hybridized carbons (Fsp3) is 0.684. The molecule has 0 radical (unpaired) electrons. The molecule has 0 spiro atoms. The van der Waals surface area contributed by atoms with E-state index in [1.807, 2.05) is 4.52 Å². The lowest BCUT2D eigenvalue weighted by molar-refractivity contribution is -0.136. The summed E-state index contributed by atoms with van der Waals surface area (Å²) in [5, 5.41) is 4.34. The lowest BCUT2D eigenvalue weighted by Gasteiger charge is -2.38. The van der Waals surface area contributed by atoms with Crippen molar-refractivity contribution in [3.8, 4) is 0 Å². The first-order valence-electron chi connectivity index (χ1n) is 9.88. The van der Waals surface area contributed by atoms with Crippen molar-refractivity contribution < 1.29 is 4.79 Å². The molecule has 3 heterocycles. The van der Waals surface area contributed by atoms with Crippen LogP contribution in [0.15, 0.2) is 12.4 Å². The van der Waals surface area contributed by atoms with Crippen LogP contribution in [0.25, 0.3) is 5.78 Å². The number of piperazine rings is 1. The number of fused-ring (bicyclic) bond motifs is 1. The van der Waals surface area contributed by atoms with Gasteiger partial charge in [0.2, 0.25) is 5.91 Å². The third-order valence-electron chi connectivity index (χ3n) is 5.71. The summed E-state index contributed by atoms with van der Waals surface area (Å²) in [4.78, 5) is 26.0. The summed E-state index contributed by atoms with van der Waals surface area (Å²) in [6, 6.07) is 2.12. The molecule has 2 aromatic rings. The van der Waals surface area contributed by atoms with Gasteiger partial charge in [0, 0.05) is 38.2 Å². The van der Waals surface area contributed by atoms with Crippen molar-refractivity contribution in [1.29, 1.82) is 0 Å². The predicted molar refractivity (Wildman–Crippen MR) is 100 cm³/mol. The Morgan fingerprint density at radius 1 is 1.12 bits per heavy atom. The average Bonchev–Trinajstić information content (AvgIpc) is 3.16. The minimum absolute atomic E-state index is 0.255. The molecule has 1 aliphatic heterocycles. The monoisotopic (exact) mass is 356 g/mol. The number of anilines is 1. The van der Waals surface area contributed by atoms with Crippen LogP contribution in [0, 0.1) is 5.92 Å². The maximum absolute atomic E-state index is 12.8. The molecule has 0 N–H and O–H groups in total. The second kappa shape index (κ2) is 7.21. The first-order chi connectivity index (χ1) is 12.6. The van der Waals surface area contributed by atoms with Gasteiger partial charge in [-0.15, -0.1) is 0 Å². The lowest BCUT2D eigenvalue weighted by Crippen LogP contribution is -2.51. The van der Waals surface area contributed by atoms with E-state index in [4.69, 9.17) is 0 Å². The van der Waals surface area contributed by atoms with Crippen molar-refractivity contribution in [2.24, 2.45) is 5.92 Å². The van der Waals surface area contributed by atoms with Crippen LogP contribution in [0.4, 0.5) is 5.82 Å². The number of carbonyl (C=O) groups excluding carboxylic acids is 1. The zero-order valence-corrected chi connectivity index (χ0v) is 15.8. The van der Waals surface area contributed by atoms with E-state index in [1.165, 1.54) is 19.3 Å². The van der Waals surface area contributed by atoms with Gasteiger partial charge in [0.1, 0.15) is 12.1 Å². The first-order valence-corrected chi connectivity index (χ1v) is 9.88. The summed E-state index contributed by atoms with van der Waals surface area (Å²) in [7, 11) is 0. The summed E-state index contributed by atoms with van der Waals surface area (Å²) in [5.41, 5.74) is 1.03. The number of carbonyl (C=O) groups is 1. The molecule has 2 fully saturated rings. The second-order valence-corrected chi connectivity index (χ2v) is 7.81. The zero-order chi connectivity index (χ0) is 18.1. The SMILES string of the molecule is CC(C)c1cc(N2CCN(C(=O)C3CCCCC3)CC2)n2ncnc2n1. The molecule has 7 nitrogen and oxygen atoms in total. The predicted octanol–water partition coefficient (Wildman–Crippen LogP) is 2.48. The zero-order valence-electron chi connectivity index (χ0n) is 15.8. The van der Waals surface area contributed by atoms with Crippen LogP contribution in [0.3, 0.4) is 0 Å². The molecule has 2 aliphatic rings. The van der Waals surface area contributed by atoms with Gasteiger partial charge in [-0.05, 0) is 18.8 Å². The topological polar surface area (TPSA) is 66.6 Å². The number of rotatable bonds is 3. The van der Waals surface area contributed by atoms with E-state index in [9.17, 15) is 4.79 Å². The van der Waals surface area contributed by atoms with E-state index >= 15 is 0 Å². The molecule has 1 saturated carbocycles. The highest BCUT2D eigenvalue weighted by atomic mass is 16.2. The van der Waals surface area contributed by atoms with E-state index in [1.54, 1.807) is 6.33 Å². The van der Waals surface area contributed by atoms with Gasteiger partial charge in [-0.1, -0.05) is 33.1 Å². The third kappa shape index (κ3) is 3.27. The van der Waals surface area contributed by atoms with Gasteiger partial charge in [-0.3, -0.25) is 4.79 Å². The van der Waals surface area contributed by atoms with Crippen molar-refractivity contribution in [2.45, 2.75) is 51.9 Å². The van der Waals surface area contributed by atoms with Crippen molar-refractivity contribution in [1.82, 2.24) is 24.5 Å². The van der Waals surface area contributed by atoms with Crippen molar-refractivity contribution in [3.63, 3.8) is 0 Å². The number of aromatic nitrogens is 4. The van der Waals surface area contributed by atoms with Crippen LogP contribution < -0.4 is 4.90 Å². The summed E-state index contributed by atoms with van der Waals surface area (Å²) >= 11 is 0. The van der Waals surface area contributed by atoms with Gasteiger partial charge in [-0.2, -0.15) is 14.6 Å². The molecule has 1 saturated heterocycles. The number of hydrogen-bond donors (Lipinski definition) is 0. The summed E-state index contributed by atoms with van der Waals surface area (Å²) in [6.45, 7) is 7.50. The molecule has 140 valence electrons. The standard InChI is InChI=1S/C19H28N6O/c1-14(2)16-12-17(25-19(22-16)20-13-21-25)23-8-10-24(11-9-23)18(26)15-6-4-3-5-7-15/h12-15H,3-11H2,1-2H3. The minimum atomic E-state index is 0.255. The Kier molecular flexibility index (Phi) is 4.78. The van der Waals surface area contributed by atoms with Crippen LogP contribution in [-0.4, -0.2) is 56.6 Å². The van der Waals surface area contributed by atoms with E-state index in [2.05, 4.69) is 44.8 Å². The number of amides is 1. The maximum Gasteiger partial charge on any atom is 0.254 e. The fourth-order valence-electron chi connectivity index (χ4n) is 4.10. The van der Waals surface area contributed by atoms with Crippen molar-refractivity contribution in [2.75, 3.05) is 31.1 Å². The molecular formula is C19H28N6O. The average molecular weight is 356 g/mol. The Bertz CT molecular complexity index is 771. The van der Waals surface area contributed by atoms with Gasteiger partial charge >= 0.3 is 0 Å². The van der Waals surface area contributed by atoms with E-state index in [0.717, 1.165) is 50.5 Å². The normalized spacial score (nSPS) is 19.5. The molecular weight excluding hydrogens is 328 g/mol. The number of hydrogen-bond acceptors (Lipinski definition) is 5. The van der Waals surface area contributed by atoms with E-state index in [0.29, 0.717) is 17.6 Å². The molecule has 0 bridgehead atoms. The van der Waals surface area contributed by atoms with E-state index in [-0.39, 0.29) is 5.92 Å². The van der Waals surface area contributed by atoms with Crippen LogP contribution in [-0.2, 0) is 4.79 Å². The summed E-state index contributed by atoms with van der Waals surface area (Å²) in [6.07, 6.45) is 7.39. The van der Waals surface area contributed by atoms with Gasteiger partial charge in [-0.25, -0.2) is 4.98 Å². The smallest absolute Gasteiger partial charge is 0.254 e. The van der Waals surface area contributed by atoms with E-state index < -0.39 is 0 Å². The molecule has 2 aromatic heterocycles. The van der Waals surface area contributed by atoms with Gasteiger partial charge in [0.25, 0.3) is 5.78 Å². The van der Waals surface area contributed by atoms with Gasteiger partial charge in [0.05, 0.1) is 5.69 Å². The molecule has 0 unspecified atom stereocenters. The Morgan fingerprint density at radius 2 is 1.85 bits per heavy atom. The van der Waals surface area contributed by atoms with Gasteiger partial charge < -0.3 is 9.80 Å². The van der Waals surface area contributed by atoms with Crippen LogP contribution in [0.5, 0.6) is 0 Å². The lowest BCUT2D eigenvalue weighted by atomic mass is 9.88. The molecule has 26 heavy (non-hydrogen) atoms. The highest BCUT2D eigenvalue weighted by molar-refractivity contribution is 5.79. The van der Waals surface area contributed by atoms with Crippen LogP contribution in [0.1, 0.15) is 57.6 Å². The Hall–Kier alpha value is -2.18. The largest absolute Gasteiger partial charge is 0.353 e. The molecule has 7 heteroatoms. The Balaban J connectivity index is 1.48. The molecule has 4 rings (SSSR count). The quantitative estimate of drug-likeness (QED) is 0.845. The number of nitrogens with zero attached hydrogens (tertiary/aromatic N) is 6. The summed E-state index contributed by atoms with van der Waals surface area (Å²) < 4.78 is 1.81. The van der Waals surface area contributed by atoms with Crippen LogP contribution in [0.2, 0.25) is 0 Å². The molecule has 1 amide bonds. The Morgan fingerprint density at radius 3 is 2.54 bits per heavy atom. The third-order valence-corrected chi connectivity index (χ3v) is 5.71. The fourth-order valence-corrected chi connectivity index (χ4v) is 4.10. The molecule has 0 atom stereocenters. The highest BCUT2D eigenvalue weighted by Gasteiger charge is 2.29. The van der Waals surface area contributed by atoms with Gasteiger partial charge in [0.15, 0.2) is 0 Å². The van der Waals surface area contributed by atoms with Crippen molar-refractivity contribution >= 4 is 17.5 Å². The highest BCUT2D eigenvalue weighted by Crippen LogP contribution is 2.27. The second-order valence-electron chi connectivity index (χ2n) is 7.81. The maximum atomic E-state index is 12.8. The molecule has 1 aliphatic carbocycles. The van der Waals surface area contributed by atoms with Crippen LogP contribution >= 0.6 is 0 Å². The Labute approximate surface area is 154 Å². The first kappa shape index (κ1) is 17.2. The minimum Gasteiger partial charge on any atom is -0.353 e. The summed E-state index contributed by atoms with van der Waals surface area (Å²) in [5.74, 6) is 2.64.